The van der Waals surface area contributed by atoms with Crippen LogP contribution >= 0.6 is 14.3 Å². The number of hydrogen-bond acceptors (Lipinski definition) is 4. The van der Waals surface area contributed by atoms with Crippen molar-refractivity contribution in [2.75, 3.05) is 33.2 Å². The normalized spacial score (nSPS) is 19.7. The van der Waals surface area contributed by atoms with Crippen molar-refractivity contribution < 1.29 is 13.6 Å². The minimum Gasteiger partial charge on any atom is -0.335 e. The van der Waals surface area contributed by atoms with E-state index in [1.807, 2.05) is 6.66 Å². The molecule has 0 spiro atoms. The van der Waals surface area contributed by atoms with Crippen molar-refractivity contribution in [3.05, 3.63) is 0 Å². The van der Waals surface area contributed by atoms with Crippen molar-refractivity contribution >= 4 is 26.1 Å². The molecule has 1 aliphatic rings. The lowest BCUT2D eigenvalue weighted by molar-refractivity contribution is 0.360. The molecule has 0 atom stereocenters. The summed E-state index contributed by atoms with van der Waals surface area (Å²) in [6, 6.07) is 0. The fraction of sp³-hybridized carbons (Fsp3) is 1.00. The zero-order valence-corrected chi connectivity index (χ0v) is 11.1. The van der Waals surface area contributed by atoms with E-state index in [-0.39, 0.29) is 0 Å². The largest absolute Gasteiger partial charge is 0.335 e. The summed E-state index contributed by atoms with van der Waals surface area (Å²) in [5, 5.41) is 0. The quantitative estimate of drug-likeness (QED) is 0.699. The molecular weight excluding hydrogens is 226 g/mol. The van der Waals surface area contributed by atoms with Crippen molar-refractivity contribution in [2.24, 2.45) is 0 Å². The molecule has 1 rings (SSSR count). The summed E-state index contributed by atoms with van der Waals surface area (Å²) in [6.07, 6.45) is 4.42. The van der Waals surface area contributed by atoms with Crippen LogP contribution in [-0.2, 0) is 25.4 Å². The van der Waals surface area contributed by atoms with E-state index in [2.05, 4.69) is 20.9 Å². The van der Waals surface area contributed by atoms with Gasteiger partial charge in [0.1, 0.15) is 0 Å². The molecule has 0 amide bonds. The van der Waals surface area contributed by atoms with Crippen LogP contribution in [0.4, 0.5) is 0 Å². The average molecular weight is 244 g/mol. The second kappa shape index (κ2) is 7.14. The molecule has 0 bridgehead atoms. The zero-order chi connectivity index (χ0) is 10.3. The minimum atomic E-state index is -1.54. The highest BCUT2D eigenvalue weighted by Crippen LogP contribution is 2.47. The maximum Gasteiger partial charge on any atom is 0.175 e. The van der Waals surface area contributed by atoms with Crippen LogP contribution in [0, 0.1) is 0 Å². The van der Waals surface area contributed by atoms with Gasteiger partial charge in [-0.15, -0.1) is 0 Å². The zero-order valence-electron chi connectivity index (χ0n) is 8.41. The van der Waals surface area contributed by atoms with Crippen LogP contribution in [0.5, 0.6) is 0 Å². The molecule has 0 unspecified atom stereocenters. The van der Waals surface area contributed by atoms with Crippen LogP contribution < -0.4 is 0 Å². The highest BCUT2D eigenvalue weighted by Gasteiger charge is 2.19. The van der Waals surface area contributed by atoms with Gasteiger partial charge in [-0.3, -0.25) is 0 Å². The van der Waals surface area contributed by atoms with E-state index in [9.17, 15) is 4.57 Å². The van der Waals surface area contributed by atoms with Crippen LogP contribution in [0.25, 0.3) is 0 Å². The van der Waals surface area contributed by atoms with Gasteiger partial charge < -0.3 is 13.6 Å². The lowest BCUT2D eigenvalue weighted by Crippen LogP contribution is -1.75. The summed E-state index contributed by atoms with van der Waals surface area (Å²) < 4.78 is 20.2. The maximum atomic E-state index is 11.0. The third-order valence-corrected chi connectivity index (χ3v) is 6.04. The predicted molar refractivity (Wildman–Crippen MR) is 62.2 cm³/mol. The Bertz CT molecular complexity index is 192. The molecule has 0 aromatic carbocycles. The third kappa shape index (κ3) is 7.84. The van der Waals surface area contributed by atoms with E-state index >= 15 is 0 Å². The van der Waals surface area contributed by atoms with E-state index in [4.69, 9.17) is 0 Å². The van der Waals surface area contributed by atoms with Crippen molar-refractivity contribution in [2.45, 2.75) is 12.8 Å². The molecule has 1 fully saturated rings. The van der Waals surface area contributed by atoms with Gasteiger partial charge in [-0.1, -0.05) is 0 Å². The fourth-order valence-corrected chi connectivity index (χ4v) is 3.26. The van der Waals surface area contributed by atoms with Gasteiger partial charge in [0.15, 0.2) is 7.15 Å². The average Bonchev–Trinajstić information content (AvgIpc) is 2.49. The SMILES string of the molecule is CO[PH](=S)OC.CP1(=O)CCCC1. The molecule has 6 heteroatoms. The van der Waals surface area contributed by atoms with Gasteiger partial charge in [0, 0.05) is 26.5 Å². The molecule has 1 aliphatic heterocycles. The Morgan fingerprint density at radius 1 is 1.23 bits per heavy atom. The fourth-order valence-electron chi connectivity index (χ4n) is 1.09. The molecule has 1 saturated heterocycles. The molecule has 3 nitrogen and oxygen atoms in total. The Balaban J connectivity index is 0.000000226. The second-order valence-electron chi connectivity index (χ2n) is 3.11. The van der Waals surface area contributed by atoms with Crippen molar-refractivity contribution in [1.82, 2.24) is 0 Å². The lowest BCUT2D eigenvalue weighted by atomic mass is 10.4. The Kier molecular flexibility index (Phi) is 7.58. The highest BCUT2D eigenvalue weighted by molar-refractivity contribution is 8.00. The van der Waals surface area contributed by atoms with E-state index in [1.165, 1.54) is 12.8 Å². The van der Waals surface area contributed by atoms with E-state index in [1.54, 1.807) is 14.2 Å². The van der Waals surface area contributed by atoms with Crippen LogP contribution in [-0.4, -0.2) is 33.2 Å². The molecule has 0 N–H and O–H groups in total. The van der Waals surface area contributed by atoms with E-state index < -0.39 is 14.3 Å². The molecule has 0 aliphatic carbocycles. The van der Waals surface area contributed by atoms with Crippen LogP contribution in [0.3, 0.4) is 0 Å². The first-order chi connectivity index (χ1) is 6.02. The molecule has 80 valence electrons. The molecule has 0 aromatic rings. The van der Waals surface area contributed by atoms with Crippen LogP contribution in [0.1, 0.15) is 12.8 Å². The van der Waals surface area contributed by atoms with Gasteiger partial charge in [0.25, 0.3) is 0 Å². The summed E-state index contributed by atoms with van der Waals surface area (Å²) in [4.78, 5) is 0. The third-order valence-electron chi connectivity index (χ3n) is 1.85. The molecule has 13 heavy (non-hydrogen) atoms. The van der Waals surface area contributed by atoms with E-state index in [0.29, 0.717) is 0 Å². The topological polar surface area (TPSA) is 35.5 Å². The monoisotopic (exact) mass is 244 g/mol. The Morgan fingerprint density at radius 3 is 1.69 bits per heavy atom. The number of hydrogen-bond donors (Lipinski definition) is 0. The van der Waals surface area contributed by atoms with Gasteiger partial charge in [-0.05, 0) is 31.3 Å². The van der Waals surface area contributed by atoms with Crippen LogP contribution in [0.2, 0.25) is 0 Å². The van der Waals surface area contributed by atoms with Crippen molar-refractivity contribution in [3.63, 3.8) is 0 Å². The van der Waals surface area contributed by atoms with Gasteiger partial charge in [0.2, 0.25) is 0 Å². The smallest absolute Gasteiger partial charge is 0.175 e. The van der Waals surface area contributed by atoms with Crippen molar-refractivity contribution in [1.29, 1.82) is 0 Å². The highest BCUT2D eigenvalue weighted by atomic mass is 32.4. The molecule has 0 aromatic heterocycles. The van der Waals surface area contributed by atoms with Gasteiger partial charge in [0.05, 0.1) is 7.14 Å². The first kappa shape index (κ1) is 13.8. The molecule has 0 radical (unpaired) electrons. The van der Waals surface area contributed by atoms with Crippen LogP contribution in [0.15, 0.2) is 0 Å². The summed E-state index contributed by atoms with van der Waals surface area (Å²) >= 11 is 4.60. The first-order valence-corrected chi connectivity index (χ1v) is 9.17. The first-order valence-electron chi connectivity index (χ1n) is 4.19. The van der Waals surface area contributed by atoms with Gasteiger partial charge >= 0.3 is 0 Å². The summed E-state index contributed by atoms with van der Waals surface area (Å²) in [5.74, 6) is 0. The maximum absolute atomic E-state index is 11.0. The number of rotatable bonds is 2. The minimum absolute atomic E-state index is 1.01. The van der Waals surface area contributed by atoms with Gasteiger partial charge in [-0.2, -0.15) is 0 Å². The molecule has 1 heterocycles. The Labute approximate surface area is 86.2 Å². The summed E-state index contributed by atoms with van der Waals surface area (Å²) in [7, 11) is 0.265. The van der Waals surface area contributed by atoms with E-state index in [0.717, 1.165) is 12.3 Å². The van der Waals surface area contributed by atoms with Crippen molar-refractivity contribution in [3.8, 4) is 0 Å². The Hall–Kier alpha value is 0.800. The predicted octanol–water partition coefficient (Wildman–Crippen LogP) is 2.56. The summed E-state index contributed by atoms with van der Waals surface area (Å²) in [5.41, 5.74) is 0. The second-order valence-corrected chi connectivity index (χ2v) is 8.91. The van der Waals surface area contributed by atoms with Gasteiger partial charge in [-0.25, -0.2) is 0 Å². The lowest BCUT2D eigenvalue weighted by Gasteiger charge is -1.96. The molecule has 0 saturated carbocycles. The standard InChI is InChI=1S/C5H11OP.C2H7O2PS/c1-7(6)4-2-3-5-7;1-3-5(6)4-2/h2-5H2,1H3;5H,1-2H3. The Morgan fingerprint density at radius 2 is 1.62 bits per heavy atom. The summed E-state index contributed by atoms with van der Waals surface area (Å²) in [6.45, 7) is 1.92. The molecular formula is C7H18O3P2S.